The largest absolute Gasteiger partial charge is 0.356 e. The van der Waals surface area contributed by atoms with Crippen LogP contribution in [0.4, 0.5) is 0 Å². The van der Waals surface area contributed by atoms with E-state index in [9.17, 15) is 4.79 Å². The molecular formula is C14H27NO. The Hall–Kier alpha value is -0.530. The Morgan fingerprint density at radius 1 is 1.31 bits per heavy atom. The van der Waals surface area contributed by atoms with Gasteiger partial charge in [-0.05, 0) is 30.1 Å². The Morgan fingerprint density at radius 3 is 2.12 bits per heavy atom. The van der Waals surface area contributed by atoms with Crippen LogP contribution in [0.5, 0.6) is 0 Å². The van der Waals surface area contributed by atoms with Gasteiger partial charge in [0.1, 0.15) is 0 Å². The highest BCUT2D eigenvalue weighted by atomic mass is 16.2. The molecule has 16 heavy (non-hydrogen) atoms. The van der Waals surface area contributed by atoms with Gasteiger partial charge < -0.3 is 5.32 Å². The second-order valence-electron chi connectivity index (χ2n) is 7.14. The third-order valence-electron chi connectivity index (χ3n) is 3.72. The summed E-state index contributed by atoms with van der Waals surface area (Å²) in [6.45, 7) is 14.0. The molecule has 0 aromatic carbocycles. The maximum absolute atomic E-state index is 12.3. The van der Waals surface area contributed by atoms with E-state index in [1.807, 2.05) is 0 Å². The molecule has 1 aliphatic rings. The van der Waals surface area contributed by atoms with Gasteiger partial charge in [-0.3, -0.25) is 4.79 Å². The maximum atomic E-state index is 12.3. The number of carbonyl (C=O) groups excluding carboxylic acids is 1. The van der Waals surface area contributed by atoms with Crippen molar-refractivity contribution in [3.8, 4) is 0 Å². The van der Waals surface area contributed by atoms with Gasteiger partial charge in [-0.1, -0.05) is 41.5 Å². The van der Waals surface area contributed by atoms with Crippen LogP contribution in [-0.2, 0) is 4.79 Å². The number of rotatable bonds is 4. The highest BCUT2D eigenvalue weighted by molar-refractivity contribution is 5.87. The summed E-state index contributed by atoms with van der Waals surface area (Å²) in [6, 6.07) is 0. The third kappa shape index (κ3) is 2.58. The van der Waals surface area contributed by atoms with Gasteiger partial charge in [0.15, 0.2) is 0 Å². The minimum absolute atomic E-state index is 0.111. The molecule has 1 unspecified atom stereocenters. The highest BCUT2D eigenvalue weighted by Crippen LogP contribution is 2.67. The molecule has 0 aromatic heterocycles. The highest BCUT2D eigenvalue weighted by Gasteiger charge is 2.66. The van der Waals surface area contributed by atoms with Crippen molar-refractivity contribution in [1.29, 1.82) is 0 Å². The van der Waals surface area contributed by atoms with E-state index >= 15 is 0 Å². The molecule has 0 saturated heterocycles. The lowest BCUT2D eigenvalue weighted by molar-refractivity contribution is -0.128. The van der Waals surface area contributed by atoms with Crippen molar-refractivity contribution in [2.75, 3.05) is 6.54 Å². The van der Waals surface area contributed by atoms with E-state index in [2.05, 4.69) is 46.9 Å². The van der Waals surface area contributed by atoms with Crippen LogP contribution in [0.25, 0.3) is 0 Å². The first-order valence-electron chi connectivity index (χ1n) is 6.43. The molecule has 1 saturated carbocycles. The zero-order chi connectivity index (χ0) is 12.6. The van der Waals surface area contributed by atoms with E-state index in [-0.39, 0.29) is 22.2 Å². The first-order chi connectivity index (χ1) is 7.15. The molecule has 0 heterocycles. The summed E-state index contributed by atoms with van der Waals surface area (Å²) in [5.41, 5.74) is 0.288. The molecule has 0 aliphatic heterocycles. The van der Waals surface area contributed by atoms with Crippen molar-refractivity contribution in [1.82, 2.24) is 5.32 Å². The van der Waals surface area contributed by atoms with Crippen LogP contribution in [-0.4, -0.2) is 12.5 Å². The zero-order valence-corrected chi connectivity index (χ0v) is 11.7. The molecule has 94 valence electrons. The first kappa shape index (κ1) is 13.5. The predicted octanol–water partition coefficient (Wildman–Crippen LogP) is 3.37. The normalized spacial score (nSPS) is 27.6. The molecule has 1 amide bonds. The van der Waals surface area contributed by atoms with Crippen LogP contribution in [0.2, 0.25) is 0 Å². The van der Waals surface area contributed by atoms with Gasteiger partial charge in [0, 0.05) is 6.54 Å². The van der Waals surface area contributed by atoms with Crippen LogP contribution in [0, 0.1) is 16.2 Å². The number of nitrogens with one attached hydrogen (secondary N) is 1. The van der Waals surface area contributed by atoms with Gasteiger partial charge in [0.25, 0.3) is 0 Å². The third-order valence-corrected chi connectivity index (χ3v) is 3.72. The summed E-state index contributed by atoms with van der Waals surface area (Å²) in [5.74, 6) is 0.272. The van der Waals surface area contributed by atoms with Crippen LogP contribution < -0.4 is 5.32 Å². The minimum Gasteiger partial charge on any atom is -0.356 e. The number of amides is 1. The second kappa shape index (κ2) is 4.05. The molecule has 1 rings (SSSR count). The smallest absolute Gasteiger partial charge is 0.226 e. The molecular weight excluding hydrogens is 198 g/mol. The first-order valence-corrected chi connectivity index (χ1v) is 6.43. The Bertz CT molecular complexity index is 275. The van der Waals surface area contributed by atoms with Gasteiger partial charge >= 0.3 is 0 Å². The number of hydrogen-bond donors (Lipinski definition) is 1. The Kier molecular flexibility index (Phi) is 3.42. The lowest BCUT2D eigenvalue weighted by Crippen LogP contribution is -2.37. The Morgan fingerprint density at radius 2 is 1.81 bits per heavy atom. The predicted molar refractivity (Wildman–Crippen MR) is 68.2 cm³/mol. The molecule has 1 N–H and O–H groups in total. The molecule has 2 heteroatoms. The summed E-state index contributed by atoms with van der Waals surface area (Å²) < 4.78 is 0. The van der Waals surface area contributed by atoms with E-state index in [1.54, 1.807) is 0 Å². The van der Waals surface area contributed by atoms with E-state index < -0.39 is 0 Å². The van der Waals surface area contributed by atoms with Crippen LogP contribution in [0.15, 0.2) is 0 Å². The topological polar surface area (TPSA) is 29.1 Å². The molecule has 1 fully saturated rings. The van der Waals surface area contributed by atoms with Crippen LogP contribution in [0.1, 0.15) is 60.8 Å². The maximum Gasteiger partial charge on any atom is 0.226 e. The number of hydrogen-bond acceptors (Lipinski definition) is 1. The molecule has 0 radical (unpaired) electrons. The summed E-state index contributed by atoms with van der Waals surface area (Å²) >= 11 is 0. The summed E-state index contributed by atoms with van der Waals surface area (Å²) in [6.07, 6.45) is 3.03. The fourth-order valence-electron chi connectivity index (χ4n) is 2.79. The quantitative estimate of drug-likeness (QED) is 0.781. The fraction of sp³-hybridized carbons (Fsp3) is 0.929. The summed E-state index contributed by atoms with van der Waals surface area (Å²) in [7, 11) is 0. The van der Waals surface area contributed by atoms with Gasteiger partial charge in [-0.2, -0.15) is 0 Å². The molecule has 0 bridgehead atoms. The van der Waals surface area contributed by atoms with Crippen molar-refractivity contribution in [3.05, 3.63) is 0 Å². The van der Waals surface area contributed by atoms with Crippen molar-refractivity contribution in [2.24, 2.45) is 16.2 Å². The van der Waals surface area contributed by atoms with Gasteiger partial charge in [0.2, 0.25) is 5.91 Å². The zero-order valence-electron chi connectivity index (χ0n) is 11.7. The minimum atomic E-state index is -0.111. The molecule has 0 aromatic rings. The average Bonchev–Trinajstić information content (AvgIpc) is 2.62. The van der Waals surface area contributed by atoms with Crippen molar-refractivity contribution < 1.29 is 4.79 Å². The second-order valence-corrected chi connectivity index (χ2v) is 7.14. The van der Waals surface area contributed by atoms with E-state index in [1.165, 1.54) is 0 Å². The van der Waals surface area contributed by atoms with Crippen molar-refractivity contribution in [3.63, 3.8) is 0 Å². The van der Waals surface area contributed by atoms with Crippen molar-refractivity contribution >= 4 is 5.91 Å². The van der Waals surface area contributed by atoms with E-state index in [4.69, 9.17) is 0 Å². The molecule has 2 nitrogen and oxygen atoms in total. The van der Waals surface area contributed by atoms with Crippen LogP contribution >= 0.6 is 0 Å². The van der Waals surface area contributed by atoms with Crippen molar-refractivity contribution in [2.45, 2.75) is 60.8 Å². The number of carbonyl (C=O) groups is 1. The summed E-state index contributed by atoms with van der Waals surface area (Å²) in [4.78, 5) is 12.3. The molecule has 1 atom stereocenters. The summed E-state index contributed by atoms with van der Waals surface area (Å²) in [5, 5.41) is 3.07. The average molecular weight is 225 g/mol. The van der Waals surface area contributed by atoms with Crippen LogP contribution in [0.3, 0.4) is 0 Å². The SMILES string of the molecule is CCCNC(=O)C1(CC(C)(C)C)CC1(C)C. The molecule has 1 aliphatic carbocycles. The van der Waals surface area contributed by atoms with Gasteiger partial charge in [-0.15, -0.1) is 0 Å². The molecule has 0 spiro atoms. The van der Waals surface area contributed by atoms with Gasteiger partial charge in [-0.25, -0.2) is 0 Å². The standard InChI is InChI=1S/C14H27NO/c1-7-8-15-11(16)14(9-12(2,3)4)10-13(14,5)6/h7-10H2,1-6H3,(H,15,16). The lowest BCUT2D eigenvalue weighted by atomic mass is 9.78. The van der Waals surface area contributed by atoms with E-state index in [0.29, 0.717) is 0 Å². The monoisotopic (exact) mass is 225 g/mol. The van der Waals surface area contributed by atoms with E-state index in [0.717, 1.165) is 25.8 Å². The fourth-order valence-corrected chi connectivity index (χ4v) is 2.79. The van der Waals surface area contributed by atoms with Gasteiger partial charge in [0.05, 0.1) is 5.41 Å². The Balaban J connectivity index is 2.73. The Labute approximate surface area is 100 Å². The lowest BCUT2D eigenvalue weighted by Gasteiger charge is -2.28.